The molecular formula is C13H14ClN3O. The molecule has 0 bridgehead atoms. The van der Waals surface area contributed by atoms with Gasteiger partial charge in [-0.05, 0) is 37.5 Å². The van der Waals surface area contributed by atoms with Crippen molar-refractivity contribution in [2.24, 2.45) is 0 Å². The number of nitrogens with one attached hydrogen (secondary N) is 1. The van der Waals surface area contributed by atoms with E-state index >= 15 is 0 Å². The minimum atomic E-state index is -0.124. The number of halogens is 1. The first-order valence-electron chi connectivity index (χ1n) is 5.96. The summed E-state index contributed by atoms with van der Waals surface area (Å²) in [4.78, 5) is 13.8. The molecular weight excluding hydrogens is 250 g/mol. The van der Waals surface area contributed by atoms with Gasteiger partial charge >= 0.3 is 6.03 Å². The van der Waals surface area contributed by atoms with Gasteiger partial charge in [-0.15, -0.1) is 0 Å². The van der Waals surface area contributed by atoms with Crippen molar-refractivity contribution in [1.82, 2.24) is 4.90 Å². The van der Waals surface area contributed by atoms with Gasteiger partial charge < -0.3 is 10.2 Å². The second-order valence-electron chi connectivity index (χ2n) is 4.28. The van der Waals surface area contributed by atoms with Crippen LogP contribution >= 0.6 is 11.6 Å². The largest absolute Gasteiger partial charge is 0.325 e. The van der Waals surface area contributed by atoms with Crippen molar-refractivity contribution in [2.75, 3.05) is 18.4 Å². The third-order valence-corrected chi connectivity index (χ3v) is 3.30. The third kappa shape index (κ3) is 2.93. The van der Waals surface area contributed by atoms with E-state index < -0.39 is 0 Å². The Morgan fingerprint density at radius 3 is 2.67 bits per heavy atom. The average Bonchev–Trinajstić information content (AvgIpc) is 2.42. The highest BCUT2D eigenvalue weighted by atomic mass is 35.5. The molecule has 0 spiro atoms. The zero-order valence-electron chi connectivity index (χ0n) is 9.95. The van der Waals surface area contributed by atoms with Crippen LogP contribution < -0.4 is 5.32 Å². The Balaban J connectivity index is 2.04. The molecule has 0 aromatic heterocycles. The molecule has 0 unspecified atom stereocenters. The average molecular weight is 264 g/mol. The fourth-order valence-corrected chi connectivity index (χ4v) is 2.21. The lowest BCUT2D eigenvalue weighted by Crippen LogP contribution is -2.38. The van der Waals surface area contributed by atoms with E-state index in [-0.39, 0.29) is 6.03 Å². The molecule has 0 aliphatic carbocycles. The highest BCUT2D eigenvalue weighted by Gasteiger charge is 2.17. The summed E-state index contributed by atoms with van der Waals surface area (Å²) in [6.45, 7) is 1.58. The number of amides is 2. The molecule has 0 radical (unpaired) electrons. The zero-order valence-corrected chi connectivity index (χ0v) is 10.7. The molecule has 1 saturated heterocycles. The molecule has 1 N–H and O–H groups in total. The standard InChI is InChI=1S/C13H14ClN3O/c14-11-8-10(9-15)4-5-12(11)16-13(18)17-6-2-1-3-7-17/h4-5,8H,1-3,6-7H2,(H,16,18). The summed E-state index contributed by atoms with van der Waals surface area (Å²) in [7, 11) is 0. The number of carbonyl (C=O) groups excluding carboxylic acids is 1. The molecule has 0 atom stereocenters. The van der Waals surface area contributed by atoms with Crippen LogP contribution in [0.3, 0.4) is 0 Å². The Hall–Kier alpha value is -1.73. The fraction of sp³-hybridized carbons (Fsp3) is 0.385. The number of likely N-dealkylation sites (tertiary alicyclic amines) is 1. The molecule has 4 nitrogen and oxygen atoms in total. The summed E-state index contributed by atoms with van der Waals surface area (Å²) in [6, 6.07) is 6.72. The summed E-state index contributed by atoms with van der Waals surface area (Å²) in [5.74, 6) is 0. The van der Waals surface area contributed by atoms with Crippen LogP contribution in [0.5, 0.6) is 0 Å². The van der Waals surface area contributed by atoms with Gasteiger partial charge in [-0.3, -0.25) is 0 Å². The molecule has 1 aliphatic rings. The van der Waals surface area contributed by atoms with E-state index in [1.54, 1.807) is 23.1 Å². The Bertz CT molecular complexity index is 489. The molecule has 0 saturated carbocycles. The lowest BCUT2D eigenvalue weighted by Gasteiger charge is -2.26. The Morgan fingerprint density at radius 1 is 1.33 bits per heavy atom. The van der Waals surface area contributed by atoms with E-state index in [0.29, 0.717) is 16.3 Å². The SMILES string of the molecule is N#Cc1ccc(NC(=O)N2CCCCC2)c(Cl)c1. The van der Waals surface area contributed by atoms with Crippen molar-refractivity contribution in [3.8, 4) is 6.07 Å². The summed E-state index contributed by atoms with van der Waals surface area (Å²) in [5.41, 5.74) is 1.03. The number of nitriles is 1. The predicted molar refractivity (Wildman–Crippen MR) is 70.6 cm³/mol. The Labute approximate surface area is 111 Å². The van der Waals surface area contributed by atoms with Gasteiger partial charge in [0.2, 0.25) is 0 Å². The maximum Gasteiger partial charge on any atom is 0.321 e. The molecule has 18 heavy (non-hydrogen) atoms. The maximum atomic E-state index is 12.0. The molecule has 1 fully saturated rings. The topological polar surface area (TPSA) is 56.1 Å². The van der Waals surface area contributed by atoms with Gasteiger partial charge in [0.15, 0.2) is 0 Å². The zero-order chi connectivity index (χ0) is 13.0. The highest BCUT2D eigenvalue weighted by molar-refractivity contribution is 6.33. The number of urea groups is 1. The molecule has 1 aliphatic heterocycles. The van der Waals surface area contributed by atoms with Gasteiger partial charge in [0.1, 0.15) is 0 Å². The predicted octanol–water partition coefficient (Wildman–Crippen LogP) is 3.23. The van der Waals surface area contributed by atoms with Crippen molar-refractivity contribution in [3.63, 3.8) is 0 Å². The highest BCUT2D eigenvalue weighted by Crippen LogP contribution is 2.23. The van der Waals surface area contributed by atoms with E-state index in [4.69, 9.17) is 16.9 Å². The van der Waals surface area contributed by atoms with Gasteiger partial charge in [-0.1, -0.05) is 11.6 Å². The molecule has 2 amide bonds. The second kappa shape index (κ2) is 5.74. The second-order valence-corrected chi connectivity index (χ2v) is 4.69. The Kier molecular flexibility index (Phi) is 4.06. The number of carbonyl (C=O) groups is 1. The van der Waals surface area contributed by atoms with Crippen LogP contribution in [0.1, 0.15) is 24.8 Å². The van der Waals surface area contributed by atoms with Crippen molar-refractivity contribution in [1.29, 1.82) is 5.26 Å². The van der Waals surface area contributed by atoms with E-state index in [9.17, 15) is 4.79 Å². The van der Waals surface area contributed by atoms with Crippen LogP contribution in [-0.4, -0.2) is 24.0 Å². The van der Waals surface area contributed by atoms with Gasteiger partial charge in [0, 0.05) is 13.1 Å². The first kappa shape index (κ1) is 12.7. The van der Waals surface area contributed by atoms with E-state index in [1.165, 1.54) is 6.42 Å². The van der Waals surface area contributed by atoms with E-state index in [1.807, 2.05) is 6.07 Å². The quantitative estimate of drug-likeness (QED) is 0.846. The van der Waals surface area contributed by atoms with E-state index in [0.717, 1.165) is 25.9 Å². The number of hydrogen-bond acceptors (Lipinski definition) is 2. The molecule has 94 valence electrons. The number of benzene rings is 1. The van der Waals surface area contributed by atoms with Crippen LogP contribution in [0.15, 0.2) is 18.2 Å². The number of piperidine rings is 1. The normalized spacial score (nSPS) is 15.0. The molecule has 1 aromatic rings. The smallest absolute Gasteiger partial charge is 0.321 e. The van der Waals surface area contributed by atoms with Gasteiger partial charge in [-0.2, -0.15) is 5.26 Å². The Morgan fingerprint density at radius 2 is 2.06 bits per heavy atom. The van der Waals surface area contributed by atoms with Crippen LogP contribution in [0.25, 0.3) is 0 Å². The first-order valence-corrected chi connectivity index (χ1v) is 6.34. The number of anilines is 1. The van der Waals surface area contributed by atoms with Crippen LogP contribution in [0.4, 0.5) is 10.5 Å². The van der Waals surface area contributed by atoms with Gasteiger partial charge in [0.25, 0.3) is 0 Å². The van der Waals surface area contributed by atoms with E-state index in [2.05, 4.69) is 5.32 Å². The number of hydrogen-bond donors (Lipinski definition) is 1. The molecule has 5 heteroatoms. The third-order valence-electron chi connectivity index (χ3n) is 2.98. The first-order chi connectivity index (χ1) is 8.70. The minimum absolute atomic E-state index is 0.124. The van der Waals surface area contributed by atoms with Crippen molar-refractivity contribution >= 4 is 23.3 Å². The lowest BCUT2D eigenvalue weighted by atomic mass is 10.1. The monoisotopic (exact) mass is 263 g/mol. The van der Waals surface area contributed by atoms with Crippen LogP contribution in [-0.2, 0) is 0 Å². The van der Waals surface area contributed by atoms with Crippen LogP contribution in [0, 0.1) is 11.3 Å². The number of nitrogens with zero attached hydrogens (tertiary/aromatic N) is 2. The molecule has 2 rings (SSSR count). The lowest BCUT2D eigenvalue weighted by molar-refractivity contribution is 0.200. The van der Waals surface area contributed by atoms with Crippen molar-refractivity contribution < 1.29 is 4.79 Å². The molecule has 1 heterocycles. The van der Waals surface area contributed by atoms with Crippen LogP contribution in [0.2, 0.25) is 5.02 Å². The minimum Gasteiger partial charge on any atom is -0.325 e. The summed E-state index contributed by atoms with van der Waals surface area (Å²) >= 11 is 6.01. The van der Waals surface area contributed by atoms with Gasteiger partial charge in [-0.25, -0.2) is 4.79 Å². The summed E-state index contributed by atoms with van der Waals surface area (Å²) in [5, 5.41) is 11.9. The van der Waals surface area contributed by atoms with Crippen molar-refractivity contribution in [3.05, 3.63) is 28.8 Å². The summed E-state index contributed by atoms with van der Waals surface area (Å²) in [6.07, 6.45) is 3.28. The fourth-order valence-electron chi connectivity index (χ4n) is 1.98. The number of rotatable bonds is 1. The van der Waals surface area contributed by atoms with Gasteiger partial charge in [0.05, 0.1) is 22.3 Å². The van der Waals surface area contributed by atoms with Crippen molar-refractivity contribution in [2.45, 2.75) is 19.3 Å². The summed E-state index contributed by atoms with van der Waals surface area (Å²) < 4.78 is 0. The maximum absolute atomic E-state index is 12.0. The molecule has 1 aromatic carbocycles.